The Labute approximate surface area is 741 Å². The summed E-state index contributed by atoms with van der Waals surface area (Å²) in [5, 5.41) is 9.06. The van der Waals surface area contributed by atoms with Crippen molar-refractivity contribution in [1.29, 1.82) is 0 Å². The average Bonchev–Trinajstić information content (AvgIpc) is 1.53. The molecule has 19 aromatic carbocycles. The molecular weight excluding hydrogens is 1550 g/mol. The van der Waals surface area contributed by atoms with Crippen LogP contribution in [0.15, 0.2) is 473 Å². The largest absolute Gasteiger partial charge is 0.247 e. The number of hydrogen-bond acceptors (Lipinski definition) is 6. The molecule has 0 atom stereocenters. The Kier molecular flexibility index (Phi) is 18.3. The Hall–Kier alpha value is -16.8. The molecule has 128 heavy (non-hydrogen) atoms. The number of rotatable bonds is 13. The minimum absolute atomic E-state index is 0.477. The molecule has 0 saturated heterocycles. The smallest absolute Gasteiger partial charge is 0.160 e. The van der Waals surface area contributed by atoms with Crippen LogP contribution in [0.5, 0.6) is 0 Å². The molecule has 4 aromatic heterocycles. The van der Waals surface area contributed by atoms with Gasteiger partial charge in [-0.3, -0.25) is 0 Å². The molecule has 596 valence electrons. The predicted molar refractivity (Wildman–Crippen MR) is 528 cm³/mol. The second kappa shape index (κ2) is 31.2. The summed E-state index contributed by atoms with van der Waals surface area (Å²) in [5.41, 5.74) is 35.1. The van der Waals surface area contributed by atoms with E-state index in [0.29, 0.717) is 5.82 Å². The van der Waals surface area contributed by atoms with Crippen LogP contribution in [0.2, 0.25) is 0 Å². The van der Waals surface area contributed by atoms with E-state index in [1.54, 1.807) is 0 Å². The van der Waals surface area contributed by atoms with Crippen molar-refractivity contribution in [2.24, 2.45) is 0 Å². The summed E-state index contributed by atoms with van der Waals surface area (Å²) in [6, 6.07) is 170. The second-order valence-corrected chi connectivity index (χ2v) is 33.3. The van der Waals surface area contributed by atoms with Crippen molar-refractivity contribution in [2.75, 3.05) is 0 Å². The van der Waals surface area contributed by atoms with Crippen molar-refractivity contribution < 1.29 is 0 Å². The van der Waals surface area contributed by atoms with Crippen molar-refractivity contribution in [3.63, 3.8) is 0 Å². The molecule has 6 heteroatoms. The third kappa shape index (κ3) is 12.5. The van der Waals surface area contributed by atoms with Crippen LogP contribution in [-0.4, -0.2) is 29.9 Å². The fourth-order valence-electron chi connectivity index (χ4n) is 20.4. The van der Waals surface area contributed by atoms with Crippen molar-refractivity contribution in [1.82, 2.24) is 29.9 Å². The Morgan fingerprint density at radius 1 is 0.133 bits per heavy atom. The van der Waals surface area contributed by atoms with E-state index in [2.05, 4.69) is 437 Å². The molecular formula is C122H78N6. The lowest BCUT2D eigenvalue weighted by Gasteiger charge is -2.34. The highest BCUT2D eigenvalue weighted by molar-refractivity contribution is 6.15. The fourth-order valence-corrected chi connectivity index (χ4v) is 20.4. The molecule has 0 aliphatic heterocycles. The second-order valence-electron chi connectivity index (χ2n) is 33.3. The van der Waals surface area contributed by atoms with Gasteiger partial charge in [0, 0.05) is 65.7 Å². The summed E-state index contributed by atoms with van der Waals surface area (Å²) in [6.07, 6.45) is 0. The number of hydrogen-bond donors (Lipinski definition) is 0. The van der Waals surface area contributed by atoms with Crippen molar-refractivity contribution in [3.05, 3.63) is 518 Å². The highest BCUT2D eigenvalue weighted by Gasteiger charge is 2.48. The number of aromatic nitrogens is 6. The van der Waals surface area contributed by atoms with Gasteiger partial charge in [-0.2, -0.15) is 0 Å². The number of nitrogens with zero attached hydrogens (tertiary/aromatic N) is 6. The molecule has 0 N–H and O–H groups in total. The van der Waals surface area contributed by atoms with Crippen molar-refractivity contribution in [2.45, 2.75) is 10.8 Å². The maximum atomic E-state index is 5.42. The van der Waals surface area contributed by atoms with Crippen LogP contribution in [0.25, 0.3) is 189 Å². The lowest BCUT2D eigenvalue weighted by Crippen LogP contribution is -2.28. The standard InChI is InChI=1S/C64H41N3.C58H37N3/c1-4-16-42(17-5-1)43-32-38-48(39-33-43)63-66-60-27-15-12-24-53(60)61(67-63)46-34-28-44(29-35-46)45-30-36-47(37-31-45)62-56-40-55-51-22-10-13-25-57(51)64(49-18-6-2-7-19-49,50-20-8-3-9-21-50)58(55)41-54(56)52-23-11-14-26-59(52)65-62;1-4-16-42(17-5-1)57-60-54-27-15-12-24-47(54)55(61-57)40-32-28-38(29-33-40)39-30-34-41(35-31-39)56-50-36-49-45-22-10-13-25-51(45)58(43-18-6-2-7-19-43,44-20-8-3-9-21-44)52(49)37-48(50)46-23-11-14-26-53(46)59-56/h1-41H;1-37H. The van der Waals surface area contributed by atoms with E-state index >= 15 is 0 Å². The zero-order valence-electron chi connectivity index (χ0n) is 69.7. The Bertz CT molecular complexity index is 8140. The molecule has 6 nitrogen and oxygen atoms in total. The minimum Gasteiger partial charge on any atom is -0.247 e. The summed E-state index contributed by atoms with van der Waals surface area (Å²) >= 11 is 0. The lowest BCUT2D eigenvalue weighted by molar-refractivity contribution is 0.769. The Morgan fingerprint density at radius 2 is 0.367 bits per heavy atom. The molecule has 0 bridgehead atoms. The third-order valence-electron chi connectivity index (χ3n) is 26.3. The van der Waals surface area contributed by atoms with Crippen LogP contribution in [0.4, 0.5) is 0 Å². The van der Waals surface area contributed by atoms with Crippen LogP contribution in [-0.2, 0) is 10.8 Å². The van der Waals surface area contributed by atoms with Gasteiger partial charge in [0.05, 0.1) is 55.7 Å². The van der Waals surface area contributed by atoms with Crippen LogP contribution in [0, 0.1) is 0 Å². The van der Waals surface area contributed by atoms with E-state index < -0.39 is 10.8 Å². The van der Waals surface area contributed by atoms with Gasteiger partial charge >= 0.3 is 0 Å². The summed E-state index contributed by atoms with van der Waals surface area (Å²) in [6.45, 7) is 0. The van der Waals surface area contributed by atoms with Crippen LogP contribution < -0.4 is 0 Å². The van der Waals surface area contributed by atoms with Crippen LogP contribution in [0.1, 0.15) is 44.5 Å². The molecule has 0 unspecified atom stereocenters. The highest BCUT2D eigenvalue weighted by Crippen LogP contribution is 2.60. The first kappa shape index (κ1) is 75.0. The minimum atomic E-state index is -0.484. The molecule has 2 aliphatic carbocycles. The van der Waals surface area contributed by atoms with Crippen LogP contribution >= 0.6 is 0 Å². The molecule has 0 fully saturated rings. The van der Waals surface area contributed by atoms with E-state index in [1.165, 1.54) is 88.7 Å². The van der Waals surface area contributed by atoms with E-state index in [9.17, 15) is 0 Å². The van der Waals surface area contributed by atoms with Gasteiger partial charge in [0.1, 0.15) is 0 Å². The molecule has 0 saturated carbocycles. The predicted octanol–water partition coefficient (Wildman–Crippen LogP) is 30.4. The van der Waals surface area contributed by atoms with Gasteiger partial charge in [-0.15, -0.1) is 0 Å². The zero-order valence-corrected chi connectivity index (χ0v) is 69.7. The van der Waals surface area contributed by atoms with Crippen molar-refractivity contribution >= 4 is 65.2 Å². The van der Waals surface area contributed by atoms with E-state index in [0.717, 1.165) is 139 Å². The first-order chi connectivity index (χ1) is 63.4. The number of fused-ring (bicyclic) bond motifs is 14. The van der Waals surface area contributed by atoms with Gasteiger partial charge in [0.2, 0.25) is 0 Å². The van der Waals surface area contributed by atoms with E-state index in [-0.39, 0.29) is 0 Å². The van der Waals surface area contributed by atoms with Gasteiger partial charge in [0.15, 0.2) is 11.6 Å². The molecule has 2 aliphatic rings. The Morgan fingerprint density at radius 3 is 0.703 bits per heavy atom. The zero-order chi connectivity index (χ0) is 84.6. The summed E-state index contributed by atoms with van der Waals surface area (Å²) in [7, 11) is 0. The maximum absolute atomic E-state index is 5.42. The molecule has 4 heterocycles. The van der Waals surface area contributed by atoms with E-state index in [4.69, 9.17) is 29.9 Å². The highest BCUT2D eigenvalue weighted by atomic mass is 14.9. The van der Waals surface area contributed by atoms with E-state index in [1.807, 2.05) is 36.4 Å². The molecule has 23 aromatic rings. The quantitative estimate of drug-likeness (QED) is 0.107. The van der Waals surface area contributed by atoms with Gasteiger partial charge in [0.25, 0.3) is 0 Å². The summed E-state index contributed by atoms with van der Waals surface area (Å²) in [5.74, 6) is 1.44. The number of para-hydroxylation sites is 4. The first-order valence-corrected chi connectivity index (χ1v) is 43.8. The number of benzene rings is 19. The van der Waals surface area contributed by atoms with Crippen molar-refractivity contribution in [3.8, 4) is 123 Å². The SMILES string of the molecule is c1ccc(-c2ccc(-c3nc(-c4ccc(-c5ccc(-c6nc7ccccc7c7cc8c(cc67)-c6ccccc6C8(c6ccccc6)c6ccccc6)cc5)cc4)c4ccccc4n3)cc2)cc1.c1ccc(-c2nc(-c3ccc(-c4ccc(-c5nc6ccccc6c6cc7c(cc56)-c5ccccc5C7(c5ccccc5)c5ccccc5)cc4)cc3)c3ccccc3n2)cc1. The average molecular weight is 1630 g/mol. The topological polar surface area (TPSA) is 77.3 Å². The first-order valence-electron chi connectivity index (χ1n) is 43.8. The lowest BCUT2D eigenvalue weighted by atomic mass is 9.67. The van der Waals surface area contributed by atoms with Gasteiger partial charge in [-0.1, -0.05) is 425 Å². The van der Waals surface area contributed by atoms with Gasteiger partial charge in [-0.25, -0.2) is 29.9 Å². The molecule has 25 rings (SSSR count). The van der Waals surface area contributed by atoms with Gasteiger partial charge < -0.3 is 0 Å². The monoisotopic (exact) mass is 1630 g/mol. The number of pyridine rings is 2. The molecule has 0 radical (unpaired) electrons. The maximum Gasteiger partial charge on any atom is 0.160 e. The van der Waals surface area contributed by atoms with Gasteiger partial charge in [-0.05, 0) is 159 Å². The fraction of sp³-hybridized carbons (Fsp3) is 0.0164. The molecule has 0 spiro atoms. The van der Waals surface area contributed by atoms with Crippen LogP contribution in [0.3, 0.4) is 0 Å². The Balaban J connectivity index is 0.000000143. The summed E-state index contributed by atoms with van der Waals surface area (Å²) in [4.78, 5) is 31.0. The third-order valence-corrected chi connectivity index (χ3v) is 26.3. The normalized spacial score (nSPS) is 12.7. The summed E-state index contributed by atoms with van der Waals surface area (Å²) < 4.78 is 0. The molecule has 0 amide bonds.